The summed E-state index contributed by atoms with van der Waals surface area (Å²) in [6.07, 6.45) is 0.742. The lowest BCUT2D eigenvalue weighted by Crippen LogP contribution is -2.16. The summed E-state index contributed by atoms with van der Waals surface area (Å²) in [7, 11) is 3.51. The van der Waals surface area contributed by atoms with E-state index in [0.717, 1.165) is 11.8 Å². The van der Waals surface area contributed by atoms with Crippen molar-refractivity contribution in [3.63, 3.8) is 0 Å². The maximum atomic E-state index is 11.6. The van der Waals surface area contributed by atoms with Crippen LogP contribution in [0.3, 0.4) is 0 Å². The van der Waals surface area contributed by atoms with Crippen molar-refractivity contribution in [2.45, 2.75) is 0 Å². The number of aldehydes is 1. The predicted octanol–water partition coefficient (Wildman–Crippen LogP) is 0.689. The molecule has 0 fully saturated rings. The number of hydrogen-bond acceptors (Lipinski definition) is 2. The van der Waals surface area contributed by atoms with Crippen LogP contribution < -0.4 is 5.56 Å². The molecule has 0 spiro atoms. The maximum absolute atomic E-state index is 11.6. The Morgan fingerprint density at radius 3 is 2.57 bits per heavy atom. The van der Waals surface area contributed by atoms with E-state index in [1.54, 1.807) is 29.9 Å². The molecule has 0 bridgehead atoms. The summed E-state index contributed by atoms with van der Waals surface area (Å²) >= 11 is 0. The summed E-state index contributed by atoms with van der Waals surface area (Å²) in [6, 6.07) is 5.10. The first-order valence-corrected chi connectivity index (χ1v) is 4.26. The van der Waals surface area contributed by atoms with Crippen molar-refractivity contribution in [2.24, 2.45) is 14.1 Å². The number of carbonyl (C=O) groups is 1. The molecule has 0 aliphatic rings. The molecule has 2 aromatic rings. The highest BCUT2D eigenvalue weighted by atomic mass is 16.1. The fourth-order valence-corrected chi connectivity index (χ4v) is 1.55. The highest BCUT2D eigenvalue weighted by Gasteiger charge is 2.07. The number of fused-ring (bicyclic) bond motifs is 1. The molecule has 0 atom stereocenters. The van der Waals surface area contributed by atoms with E-state index < -0.39 is 0 Å². The van der Waals surface area contributed by atoms with E-state index in [4.69, 9.17) is 0 Å². The minimum Gasteiger partial charge on any atom is -0.298 e. The van der Waals surface area contributed by atoms with Crippen LogP contribution in [0.5, 0.6) is 0 Å². The number of hydrogen-bond donors (Lipinski definition) is 0. The van der Waals surface area contributed by atoms with Gasteiger partial charge in [0.15, 0.2) is 0 Å². The second kappa shape index (κ2) is 2.83. The zero-order valence-electron chi connectivity index (χ0n) is 8.02. The number of carbonyl (C=O) groups excluding carboxylic acids is 1. The second-order valence-electron chi connectivity index (χ2n) is 3.25. The van der Waals surface area contributed by atoms with Crippen molar-refractivity contribution in [2.75, 3.05) is 0 Å². The molecule has 1 aromatic heterocycles. The molecule has 0 saturated carbocycles. The van der Waals surface area contributed by atoms with E-state index in [1.807, 2.05) is 7.05 Å². The zero-order valence-corrected chi connectivity index (χ0v) is 8.02. The zero-order chi connectivity index (χ0) is 10.3. The molecule has 1 aromatic carbocycles. The summed E-state index contributed by atoms with van der Waals surface area (Å²) in [5.74, 6) is 0. The van der Waals surface area contributed by atoms with Crippen molar-refractivity contribution in [3.05, 3.63) is 34.1 Å². The van der Waals surface area contributed by atoms with Gasteiger partial charge in [0.2, 0.25) is 0 Å². The van der Waals surface area contributed by atoms with Gasteiger partial charge in [-0.1, -0.05) is 0 Å². The molecular formula is C10H10N2O2. The van der Waals surface area contributed by atoms with Crippen LogP contribution in [0.25, 0.3) is 10.9 Å². The number of aryl methyl sites for hydroxylation is 1. The van der Waals surface area contributed by atoms with Gasteiger partial charge in [0.25, 0.3) is 5.56 Å². The average Bonchev–Trinajstić information content (AvgIpc) is 2.44. The molecule has 2 rings (SSSR count). The van der Waals surface area contributed by atoms with Gasteiger partial charge in [-0.15, -0.1) is 0 Å². The Hall–Kier alpha value is -1.84. The summed E-state index contributed by atoms with van der Waals surface area (Å²) in [6.45, 7) is 0. The van der Waals surface area contributed by atoms with Crippen molar-refractivity contribution in [1.29, 1.82) is 0 Å². The van der Waals surface area contributed by atoms with E-state index in [2.05, 4.69) is 0 Å². The lowest BCUT2D eigenvalue weighted by atomic mass is 10.2. The van der Waals surface area contributed by atoms with Crippen molar-refractivity contribution in [3.8, 4) is 0 Å². The molecule has 0 aliphatic heterocycles. The summed E-state index contributed by atoms with van der Waals surface area (Å²) < 4.78 is 3.27. The van der Waals surface area contributed by atoms with Gasteiger partial charge in [-0.25, -0.2) is 0 Å². The van der Waals surface area contributed by atoms with Gasteiger partial charge in [-0.2, -0.15) is 0 Å². The third-order valence-electron chi connectivity index (χ3n) is 2.48. The van der Waals surface area contributed by atoms with Crippen LogP contribution in [0.1, 0.15) is 10.4 Å². The molecule has 0 amide bonds. The highest BCUT2D eigenvalue weighted by molar-refractivity contribution is 5.86. The van der Waals surface area contributed by atoms with Crippen LogP contribution in [0.2, 0.25) is 0 Å². The Morgan fingerprint density at radius 2 is 1.93 bits per heavy atom. The lowest BCUT2D eigenvalue weighted by molar-refractivity contribution is 0.112. The van der Waals surface area contributed by atoms with Crippen LogP contribution in [-0.4, -0.2) is 15.6 Å². The van der Waals surface area contributed by atoms with Crippen LogP contribution in [0.15, 0.2) is 23.0 Å². The Kier molecular flexibility index (Phi) is 1.77. The molecule has 0 unspecified atom stereocenters. The first-order chi connectivity index (χ1) is 6.65. The molecule has 0 N–H and O–H groups in total. The molecule has 0 radical (unpaired) electrons. The smallest absolute Gasteiger partial charge is 0.274 e. The molecule has 72 valence electrons. The molecule has 4 nitrogen and oxygen atoms in total. The molecular weight excluding hydrogens is 180 g/mol. The van der Waals surface area contributed by atoms with Gasteiger partial charge in [0, 0.05) is 19.7 Å². The van der Waals surface area contributed by atoms with Gasteiger partial charge in [-0.05, 0) is 18.2 Å². The van der Waals surface area contributed by atoms with Crippen molar-refractivity contribution >= 4 is 17.2 Å². The normalized spacial score (nSPS) is 10.7. The topological polar surface area (TPSA) is 44.0 Å². The fourth-order valence-electron chi connectivity index (χ4n) is 1.55. The summed E-state index contributed by atoms with van der Waals surface area (Å²) in [5.41, 5.74) is 1.29. The van der Waals surface area contributed by atoms with Crippen LogP contribution in [0, 0.1) is 0 Å². The lowest BCUT2D eigenvalue weighted by Gasteiger charge is -1.98. The number of aromatic nitrogens is 2. The van der Waals surface area contributed by atoms with Gasteiger partial charge in [-0.3, -0.25) is 19.0 Å². The second-order valence-corrected chi connectivity index (χ2v) is 3.25. The predicted molar refractivity (Wildman–Crippen MR) is 53.5 cm³/mol. The van der Waals surface area contributed by atoms with E-state index in [-0.39, 0.29) is 5.56 Å². The van der Waals surface area contributed by atoms with E-state index in [9.17, 15) is 9.59 Å². The van der Waals surface area contributed by atoms with Crippen LogP contribution in [0.4, 0.5) is 0 Å². The van der Waals surface area contributed by atoms with E-state index in [1.165, 1.54) is 4.68 Å². The highest BCUT2D eigenvalue weighted by Crippen LogP contribution is 2.11. The van der Waals surface area contributed by atoms with Crippen molar-refractivity contribution < 1.29 is 4.79 Å². The first kappa shape index (κ1) is 8.74. The molecule has 4 heteroatoms. The van der Waals surface area contributed by atoms with E-state index in [0.29, 0.717) is 10.9 Å². The number of benzene rings is 1. The monoisotopic (exact) mass is 190 g/mol. The van der Waals surface area contributed by atoms with Gasteiger partial charge in [0.1, 0.15) is 6.29 Å². The summed E-state index contributed by atoms with van der Waals surface area (Å²) in [5, 5.41) is 0.583. The Morgan fingerprint density at radius 1 is 1.21 bits per heavy atom. The third kappa shape index (κ3) is 1.00. The van der Waals surface area contributed by atoms with Gasteiger partial charge >= 0.3 is 0 Å². The van der Waals surface area contributed by atoms with Crippen LogP contribution in [-0.2, 0) is 14.1 Å². The molecule has 14 heavy (non-hydrogen) atoms. The largest absolute Gasteiger partial charge is 0.298 e. The van der Waals surface area contributed by atoms with Gasteiger partial charge < -0.3 is 0 Å². The van der Waals surface area contributed by atoms with Gasteiger partial charge in [0.05, 0.1) is 10.9 Å². The fraction of sp³-hybridized carbons (Fsp3) is 0.200. The Bertz CT molecular complexity index is 563. The average molecular weight is 190 g/mol. The molecule has 0 aliphatic carbocycles. The number of rotatable bonds is 1. The minimum absolute atomic E-state index is 0.0776. The Labute approximate surface area is 80.3 Å². The third-order valence-corrected chi connectivity index (χ3v) is 2.48. The first-order valence-electron chi connectivity index (χ1n) is 4.26. The minimum atomic E-state index is -0.0776. The SMILES string of the molecule is Cn1c(=O)c2cc(C=O)ccc2n1C. The van der Waals surface area contributed by atoms with E-state index >= 15 is 0 Å². The molecule has 0 saturated heterocycles. The quantitative estimate of drug-likeness (QED) is 0.621. The maximum Gasteiger partial charge on any atom is 0.274 e. The van der Waals surface area contributed by atoms with Crippen molar-refractivity contribution in [1.82, 2.24) is 9.36 Å². The standard InChI is InChI=1S/C10H10N2O2/c1-11-9-4-3-7(6-13)5-8(9)10(14)12(11)2/h3-6H,1-2H3. The van der Waals surface area contributed by atoms with Crippen LogP contribution >= 0.6 is 0 Å². The number of nitrogens with zero attached hydrogens (tertiary/aromatic N) is 2. The summed E-state index contributed by atoms with van der Waals surface area (Å²) in [4.78, 5) is 22.2. The Balaban J connectivity index is 2.96. The molecule has 1 heterocycles.